The van der Waals surface area contributed by atoms with Crippen molar-refractivity contribution in [3.8, 4) is 0 Å². The molecule has 0 heterocycles. The van der Waals surface area contributed by atoms with Gasteiger partial charge in [0.2, 0.25) is 0 Å². The van der Waals surface area contributed by atoms with Crippen LogP contribution in [0.2, 0.25) is 0 Å². The monoisotopic (exact) mass is 246 g/mol. The summed E-state index contributed by atoms with van der Waals surface area (Å²) in [6, 6.07) is 0. The summed E-state index contributed by atoms with van der Waals surface area (Å²) in [5.74, 6) is 1.81. The fraction of sp³-hybridized carbons (Fsp3) is 0.667. The van der Waals surface area contributed by atoms with E-state index in [1.807, 2.05) is 12.2 Å². The molecule has 0 aliphatic heterocycles. The minimum absolute atomic E-state index is 0.859. The van der Waals surface area contributed by atoms with Crippen LogP contribution >= 0.6 is 0 Å². The number of hydrogen-bond donors (Lipinski definition) is 0. The Morgan fingerprint density at radius 3 is 2.33 bits per heavy atom. The standard InChI is InChI=1S/C18H30/c1-5-11-18(17-12-9-8-10-13-17)14-16(7-3)15(4)6-2/h6-7,17-18H,2-3,5,8-14H2,1,4H3/b16-15+. The summed E-state index contributed by atoms with van der Waals surface area (Å²) in [6.07, 6.45) is 15.1. The third-order valence-electron chi connectivity index (χ3n) is 4.52. The average Bonchev–Trinajstić information content (AvgIpc) is 2.43. The van der Waals surface area contributed by atoms with Crippen molar-refractivity contribution in [3.05, 3.63) is 36.5 Å². The molecule has 0 N–H and O–H groups in total. The molecular weight excluding hydrogens is 216 g/mol. The summed E-state index contributed by atoms with van der Waals surface area (Å²) in [4.78, 5) is 0. The summed E-state index contributed by atoms with van der Waals surface area (Å²) in [5, 5.41) is 0. The van der Waals surface area contributed by atoms with Gasteiger partial charge in [0.15, 0.2) is 0 Å². The molecule has 0 heteroatoms. The van der Waals surface area contributed by atoms with Gasteiger partial charge in [-0.3, -0.25) is 0 Å². The van der Waals surface area contributed by atoms with E-state index in [1.54, 1.807) is 0 Å². The van der Waals surface area contributed by atoms with Crippen molar-refractivity contribution in [2.24, 2.45) is 11.8 Å². The average molecular weight is 246 g/mol. The van der Waals surface area contributed by atoms with Gasteiger partial charge in [0, 0.05) is 0 Å². The summed E-state index contributed by atoms with van der Waals surface area (Å²) in [7, 11) is 0. The van der Waals surface area contributed by atoms with Gasteiger partial charge in [0.1, 0.15) is 0 Å². The van der Waals surface area contributed by atoms with Crippen molar-refractivity contribution in [1.29, 1.82) is 0 Å². The quantitative estimate of drug-likeness (QED) is 0.479. The zero-order valence-electron chi connectivity index (χ0n) is 12.4. The second-order valence-electron chi connectivity index (χ2n) is 5.77. The lowest BCUT2D eigenvalue weighted by Crippen LogP contribution is -2.18. The maximum absolute atomic E-state index is 3.98. The minimum Gasteiger partial charge on any atom is -0.0988 e. The maximum atomic E-state index is 3.98. The van der Waals surface area contributed by atoms with Crippen molar-refractivity contribution < 1.29 is 0 Å². The molecule has 0 aromatic heterocycles. The van der Waals surface area contributed by atoms with Gasteiger partial charge >= 0.3 is 0 Å². The van der Waals surface area contributed by atoms with Gasteiger partial charge in [-0.1, -0.05) is 77.2 Å². The second kappa shape index (κ2) is 8.34. The Morgan fingerprint density at radius 1 is 1.17 bits per heavy atom. The Kier molecular flexibility index (Phi) is 7.08. The molecule has 1 aliphatic carbocycles. The van der Waals surface area contributed by atoms with Gasteiger partial charge in [-0.05, 0) is 36.3 Å². The lowest BCUT2D eigenvalue weighted by Gasteiger charge is -2.31. The molecule has 1 fully saturated rings. The highest BCUT2D eigenvalue weighted by atomic mass is 14.3. The van der Waals surface area contributed by atoms with Crippen LogP contribution in [0.4, 0.5) is 0 Å². The van der Waals surface area contributed by atoms with Crippen LogP contribution in [-0.4, -0.2) is 0 Å². The Balaban J connectivity index is 2.71. The van der Waals surface area contributed by atoms with Gasteiger partial charge in [-0.2, -0.15) is 0 Å². The fourth-order valence-corrected chi connectivity index (χ4v) is 3.30. The largest absolute Gasteiger partial charge is 0.0988 e. The van der Waals surface area contributed by atoms with E-state index in [0.717, 1.165) is 11.8 Å². The smallest absolute Gasteiger partial charge is 0.0245 e. The molecule has 0 bridgehead atoms. The van der Waals surface area contributed by atoms with E-state index in [0.29, 0.717) is 0 Å². The zero-order chi connectivity index (χ0) is 13.4. The summed E-state index contributed by atoms with van der Waals surface area (Å²) in [5.41, 5.74) is 2.72. The molecule has 0 radical (unpaired) electrons. The first-order chi connectivity index (χ1) is 8.72. The molecule has 18 heavy (non-hydrogen) atoms. The molecule has 0 amide bonds. The molecule has 0 aromatic carbocycles. The van der Waals surface area contributed by atoms with Crippen LogP contribution in [0, 0.1) is 11.8 Å². The maximum Gasteiger partial charge on any atom is -0.0245 e. The van der Waals surface area contributed by atoms with Gasteiger partial charge in [-0.15, -0.1) is 0 Å². The van der Waals surface area contributed by atoms with E-state index < -0.39 is 0 Å². The number of hydrogen-bond acceptors (Lipinski definition) is 0. The third-order valence-corrected chi connectivity index (χ3v) is 4.52. The third kappa shape index (κ3) is 4.48. The molecule has 102 valence electrons. The highest BCUT2D eigenvalue weighted by Crippen LogP contribution is 2.36. The molecular formula is C18H30. The van der Waals surface area contributed by atoms with Crippen LogP contribution in [0.5, 0.6) is 0 Å². The molecule has 1 atom stereocenters. The van der Waals surface area contributed by atoms with Crippen LogP contribution in [-0.2, 0) is 0 Å². The highest BCUT2D eigenvalue weighted by molar-refractivity contribution is 5.30. The van der Waals surface area contributed by atoms with Gasteiger partial charge in [-0.25, -0.2) is 0 Å². The molecule has 0 spiro atoms. The predicted octanol–water partition coefficient (Wildman–Crippen LogP) is 6.06. The molecule has 0 aromatic rings. The molecule has 1 unspecified atom stereocenters. The van der Waals surface area contributed by atoms with Crippen molar-refractivity contribution >= 4 is 0 Å². The van der Waals surface area contributed by atoms with E-state index in [9.17, 15) is 0 Å². The highest BCUT2D eigenvalue weighted by Gasteiger charge is 2.23. The zero-order valence-corrected chi connectivity index (χ0v) is 12.4. The Bertz CT molecular complexity index is 289. The first-order valence-corrected chi connectivity index (χ1v) is 7.67. The first-order valence-electron chi connectivity index (χ1n) is 7.67. The van der Waals surface area contributed by atoms with Crippen LogP contribution in [0.3, 0.4) is 0 Å². The minimum atomic E-state index is 0.859. The summed E-state index contributed by atoms with van der Waals surface area (Å²) < 4.78 is 0. The normalized spacial score (nSPS) is 20.1. The van der Waals surface area contributed by atoms with E-state index in [-0.39, 0.29) is 0 Å². The van der Waals surface area contributed by atoms with E-state index >= 15 is 0 Å². The Hall–Kier alpha value is -0.780. The first kappa shape index (κ1) is 15.3. The second-order valence-corrected chi connectivity index (χ2v) is 5.77. The van der Waals surface area contributed by atoms with Gasteiger partial charge in [0.05, 0.1) is 0 Å². The van der Waals surface area contributed by atoms with Crippen LogP contribution in [0.25, 0.3) is 0 Å². The van der Waals surface area contributed by atoms with Gasteiger partial charge in [0.25, 0.3) is 0 Å². The lowest BCUT2D eigenvalue weighted by molar-refractivity contribution is 0.233. The van der Waals surface area contributed by atoms with Crippen LogP contribution in [0.15, 0.2) is 36.5 Å². The SMILES string of the molecule is C=C/C(C)=C(\C=C)CC(CCC)C1CCCCC1. The molecule has 0 saturated heterocycles. The van der Waals surface area contributed by atoms with Crippen molar-refractivity contribution in [2.45, 2.75) is 65.2 Å². The number of rotatable bonds is 7. The van der Waals surface area contributed by atoms with Crippen molar-refractivity contribution in [1.82, 2.24) is 0 Å². The van der Waals surface area contributed by atoms with Gasteiger partial charge < -0.3 is 0 Å². The summed E-state index contributed by atoms with van der Waals surface area (Å²) in [6.45, 7) is 12.3. The molecule has 0 nitrogen and oxygen atoms in total. The summed E-state index contributed by atoms with van der Waals surface area (Å²) >= 11 is 0. The Morgan fingerprint density at radius 2 is 1.83 bits per heavy atom. The number of allylic oxidation sites excluding steroid dienone is 4. The fourth-order valence-electron chi connectivity index (χ4n) is 3.30. The van der Waals surface area contributed by atoms with E-state index in [2.05, 4.69) is 27.0 Å². The van der Waals surface area contributed by atoms with Crippen molar-refractivity contribution in [2.75, 3.05) is 0 Å². The molecule has 1 saturated carbocycles. The van der Waals surface area contributed by atoms with E-state index in [1.165, 1.54) is 62.5 Å². The van der Waals surface area contributed by atoms with Crippen LogP contribution < -0.4 is 0 Å². The van der Waals surface area contributed by atoms with Crippen LogP contribution in [0.1, 0.15) is 65.2 Å². The Labute approximate surface area is 114 Å². The molecule has 1 aliphatic rings. The van der Waals surface area contributed by atoms with E-state index in [4.69, 9.17) is 0 Å². The van der Waals surface area contributed by atoms with Crippen molar-refractivity contribution in [3.63, 3.8) is 0 Å². The lowest BCUT2D eigenvalue weighted by atomic mass is 9.75. The predicted molar refractivity (Wildman–Crippen MR) is 82.7 cm³/mol. The molecule has 1 rings (SSSR count). The topological polar surface area (TPSA) is 0 Å².